The Labute approximate surface area is 99.0 Å². The highest BCUT2D eigenvalue weighted by Crippen LogP contribution is 2.10. The predicted molar refractivity (Wildman–Crippen MR) is 59.2 cm³/mol. The third-order valence-electron chi connectivity index (χ3n) is 2.96. The third-order valence-corrected chi connectivity index (χ3v) is 2.96. The number of carbonyl (C=O) groups is 1. The fraction of sp³-hybridized carbons (Fsp3) is 0.417. The molecule has 1 fully saturated rings. The molecule has 0 unspecified atom stereocenters. The minimum Gasteiger partial charge on any atom is -0.477 e. The van der Waals surface area contributed by atoms with Crippen LogP contribution in [-0.2, 0) is 16.1 Å². The van der Waals surface area contributed by atoms with Gasteiger partial charge in [0.15, 0.2) is 0 Å². The van der Waals surface area contributed by atoms with E-state index in [0.29, 0.717) is 13.2 Å². The van der Waals surface area contributed by atoms with Gasteiger partial charge in [0.1, 0.15) is 18.8 Å². The van der Waals surface area contributed by atoms with Crippen molar-refractivity contribution in [2.75, 3.05) is 6.54 Å². The maximum Gasteiger partial charge on any atom is 0.365 e. The van der Waals surface area contributed by atoms with Crippen LogP contribution < -0.4 is 5.32 Å². The van der Waals surface area contributed by atoms with E-state index in [0.717, 1.165) is 5.56 Å². The SMILES string of the molecule is O=C(O)[C@H]1[NH2+]C[C@H](OCc2ccccc2)[C@H]1O. The van der Waals surface area contributed by atoms with Crippen molar-refractivity contribution in [3.05, 3.63) is 35.9 Å². The van der Waals surface area contributed by atoms with E-state index < -0.39 is 24.2 Å². The molecule has 92 valence electrons. The summed E-state index contributed by atoms with van der Waals surface area (Å²) < 4.78 is 5.54. The molecule has 0 bridgehead atoms. The van der Waals surface area contributed by atoms with Gasteiger partial charge in [-0.3, -0.25) is 0 Å². The second kappa shape index (κ2) is 5.27. The molecule has 0 radical (unpaired) electrons. The van der Waals surface area contributed by atoms with Gasteiger partial charge in [0.25, 0.3) is 0 Å². The molecule has 1 heterocycles. The molecule has 0 aliphatic carbocycles. The molecule has 1 aliphatic heterocycles. The molecule has 1 aromatic rings. The van der Waals surface area contributed by atoms with Crippen LogP contribution >= 0.6 is 0 Å². The van der Waals surface area contributed by atoms with Crippen LogP contribution in [0.15, 0.2) is 30.3 Å². The van der Waals surface area contributed by atoms with Gasteiger partial charge >= 0.3 is 5.97 Å². The van der Waals surface area contributed by atoms with E-state index in [2.05, 4.69) is 0 Å². The number of quaternary nitrogens is 1. The summed E-state index contributed by atoms with van der Waals surface area (Å²) in [6.07, 6.45) is -1.37. The van der Waals surface area contributed by atoms with Crippen molar-refractivity contribution in [2.24, 2.45) is 0 Å². The minimum atomic E-state index is -0.997. The van der Waals surface area contributed by atoms with Crippen LogP contribution in [0.4, 0.5) is 0 Å². The fourth-order valence-electron chi connectivity index (χ4n) is 1.98. The summed E-state index contributed by atoms with van der Waals surface area (Å²) in [7, 11) is 0. The Balaban J connectivity index is 1.87. The summed E-state index contributed by atoms with van der Waals surface area (Å²) in [5.41, 5.74) is 1.01. The quantitative estimate of drug-likeness (QED) is 0.626. The Kier molecular flexibility index (Phi) is 3.73. The standard InChI is InChI=1S/C12H15NO4/c14-11-9(6-13-10(11)12(15)16)17-7-8-4-2-1-3-5-8/h1-5,9-11,13-14H,6-7H2,(H,15,16)/p+1/t9-,10-,11+/m0/s1. The van der Waals surface area contributed by atoms with Crippen molar-refractivity contribution in [2.45, 2.75) is 24.9 Å². The molecule has 0 aromatic heterocycles. The minimum absolute atomic E-state index is 0.392. The van der Waals surface area contributed by atoms with E-state index >= 15 is 0 Å². The van der Waals surface area contributed by atoms with E-state index in [-0.39, 0.29) is 0 Å². The van der Waals surface area contributed by atoms with Crippen LogP contribution in [0.1, 0.15) is 5.56 Å². The van der Waals surface area contributed by atoms with Crippen molar-refractivity contribution >= 4 is 5.97 Å². The molecule has 5 heteroatoms. The lowest BCUT2D eigenvalue weighted by molar-refractivity contribution is -0.664. The zero-order chi connectivity index (χ0) is 12.3. The zero-order valence-corrected chi connectivity index (χ0v) is 9.32. The molecule has 17 heavy (non-hydrogen) atoms. The first-order chi connectivity index (χ1) is 8.18. The molecule has 1 aromatic carbocycles. The van der Waals surface area contributed by atoms with Crippen molar-refractivity contribution < 1.29 is 25.1 Å². The fourth-order valence-corrected chi connectivity index (χ4v) is 1.98. The number of benzene rings is 1. The molecular weight excluding hydrogens is 222 g/mol. The van der Waals surface area contributed by atoms with E-state index in [1.807, 2.05) is 30.3 Å². The second-order valence-electron chi connectivity index (χ2n) is 4.16. The average molecular weight is 238 g/mol. The molecule has 0 saturated carbocycles. The lowest BCUT2D eigenvalue weighted by Gasteiger charge is -2.13. The van der Waals surface area contributed by atoms with Crippen LogP contribution in [-0.4, -0.2) is 41.0 Å². The van der Waals surface area contributed by atoms with Crippen LogP contribution in [0.3, 0.4) is 0 Å². The smallest absolute Gasteiger partial charge is 0.365 e. The van der Waals surface area contributed by atoms with E-state index in [9.17, 15) is 9.90 Å². The summed E-state index contributed by atoms with van der Waals surface area (Å²) in [4.78, 5) is 10.8. The average Bonchev–Trinajstić information content (AvgIpc) is 2.69. The highest BCUT2D eigenvalue weighted by atomic mass is 16.5. The second-order valence-corrected chi connectivity index (χ2v) is 4.16. The number of hydrogen-bond donors (Lipinski definition) is 3. The first kappa shape index (κ1) is 12.0. The number of carboxylic acids is 1. The van der Waals surface area contributed by atoms with Crippen LogP contribution in [0, 0.1) is 0 Å². The van der Waals surface area contributed by atoms with Crippen molar-refractivity contribution in [3.8, 4) is 0 Å². The van der Waals surface area contributed by atoms with E-state index in [1.54, 1.807) is 5.32 Å². The summed E-state index contributed by atoms with van der Waals surface area (Å²) >= 11 is 0. The topological polar surface area (TPSA) is 83.4 Å². The van der Waals surface area contributed by atoms with E-state index in [4.69, 9.17) is 9.84 Å². The summed E-state index contributed by atoms with van der Waals surface area (Å²) in [5, 5.41) is 20.2. The van der Waals surface area contributed by atoms with Crippen molar-refractivity contribution in [1.82, 2.24) is 0 Å². The summed E-state index contributed by atoms with van der Waals surface area (Å²) in [6, 6.07) is 8.80. The first-order valence-electron chi connectivity index (χ1n) is 5.58. The van der Waals surface area contributed by atoms with Gasteiger partial charge in [0.05, 0.1) is 6.61 Å². The molecule has 5 nitrogen and oxygen atoms in total. The largest absolute Gasteiger partial charge is 0.477 e. The number of nitrogens with two attached hydrogens (primary N) is 1. The Morgan fingerprint density at radius 1 is 1.41 bits per heavy atom. The molecule has 1 saturated heterocycles. The number of carboxylic acid groups (broad SMARTS) is 1. The van der Waals surface area contributed by atoms with Gasteiger partial charge in [0.2, 0.25) is 6.04 Å². The summed E-state index contributed by atoms with van der Waals surface area (Å²) in [5.74, 6) is -0.997. The van der Waals surface area contributed by atoms with Gasteiger partial charge in [-0.1, -0.05) is 30.3 Å². The van der Waals surface area contributed by atoms with E-state index in [1.165, 1.54) is 0 Å². The highest BCUT2D eigenvalue weighted by Gasteiger charge is 2.43. The predicted octanol–water partition coefficient (Wildman–Crippen LogP) is -1.04. The number of ether oxygens (including phenoxy) is 1. The Morgan fingerprint density at radius 2 is 2.12 bits per heavy atom. The molecule has 1 aliphatic rings. The number of aliphatic hydroxyl groups excluding tert-OH is 1. The highest BCUT2D eigenvalue weighted by molar-refractivity contribution is 5.72. The number of aliphatic carboxylic acids is 1. The van der Waals surface area contributed by atoms with Crippen molar-refractivity contribution in [3.63, 3.8) is 0 Å². The molecule has 0 amide bonds. The molecular formula is C12H16NO4+. The zero-order valence-electron chi connectivity index (χ0n) is 9.32. The maximum atomic E-state index is 10.8. The number of aliphatic hydroxyl groups is 1. The van der Waals surface area contributed by atoms with Crippen LogP contribution in [0.2, 0.25) is 0 Å². The Hall–Kier alpha value is -1.43. The lowest BCUT2D eigenvalue weighted by Crippen LogP contribution is -2.90. The first-order valence-corrected chi connectivity index (χ1v) is 5.58. The third kappa shape index (κ3) is 2.82. The lowest BCUT2D eigenvalue weighted by atomic mass is 10.1. The normalized spacial score (nSPS) is 28.2. The molecule has 0 spiro atoms. The molecule has 4 N–H and O–H groups in total. The van der Waals surface area contributed by atoms with Gasteiger partial charge in [-0.25, -0.2) is 4.79 Å². The molecule has 3 atom stereocenters. The van der Waals surface area contributed by atoms with Gasteiger partial charge in [-0.2, -0.15) is 0 Å². The monoisotopic (exact) mass is 238 g/mol. The Morgan fingerprint density at radius 3 is 2.71 bits per heavy atom. The summed E-state index contributed by atoms with van der Waals surface area (Å²) in [6.45, 7) is 0.869. The molecule has 2 rings (SSSR count). The van der Waals surface area contributed by atoms with Crippen molar-refractivity contribution in [1.29, 1.82) is 0 Å². The maximum absolute atomic E-state index is 10.8. The van der Waals surface area contributed by atoms with Crippen LogP contribution in [0.5, 0.6) is 0 Å². The van der Waals surface area contributed by atoms with Gasteiger partial charge in [-0.15, -0.1) is 0 Å². The number of rotatable bonds is 4. The number of hydrogen-bond acceptors (Lipinski definition) is 3. The van der Waals surface area contributed by atoms with Crippen LogP contribution in [0.25, 0.3) is 0 Å². The van der Waals surface area contributed by atoms with Gasteiger partial charge in [-0.05, 0) is 5.56 Å². The van der Waals surface area contributed by atoms with Gasteiger partial charge in [0, 0.05) is 0 Å². The van der Waals surface area contributed by atoms with Gasteiger partial charge < -0.3 is 20.3 Å². The Bertz CT molecular complexity index is 381.